The lowest BCUT2D eigenvalue weighted by molar-refractivity contribution is 0.0949. The molecule has 4 rings (SSSR count). The van der Waals surface area contributed by atoms with Crippen LogP contribution in [0.4, 0.5) is 11.5 Å². The normalized spacial score (nSPS) is 11.0. The van der Waals surface area contributed by atoms with Crippen molar-refractivity contribution in [2.75, 3.05) is 24.3 Å². The van der Waals surface area contributed by atoms with Crippen LogP contribution in [0.1, 0.15) is 28.7 Å². The van der Waals surface area contributed by atoms with Gasteiger partial charge in [0.25, 0.3) is 5.91 Å². The summed E-state index contributed by atoms with van der Waals surface area (Å²) in [5, 5.41) is 19.5. The average Bonchev–Trinajstić information content (AvgIpc) is 3.46. The van der Waals surface area contributed by atoms with Crippen LogP contribution in [0.15, 0.2) is 64.3 Å². The van der Waals surface area contributed by atoms with Crippen LogP contribution in [0.2, 0.25) is 0 Å². The van der Waals surface area contributed by atoms with Crippen LogP contribution >= 0.6 is 0 Å². The minimum atomic E-state index is -0.553. The van der Waals surface area contributed by atoms with Crippen LogP contribution in [0.3, 0.4) is 0 Å². The summed E-state index contributed by atoms with van der Waals surface area (Å²) in [6.45, 7) is 2.67. The molecule has 0 fully saturated rings. The van der Waals surface area contributed by atoms with Gasteiger partial charge in [-0.1, -0.05) is 35.5 Å². The molecule has 0 atom stereocenters. The molecule has 0 aliphatic carbocycles. The van der Waals surface area contributed by atoms with Gasteiger partial charge < -0.3 is 15.4 Å². The number of ether oxygens (including phenoxy) is 1. The molecule has 2 aromatic carbocycles. The lowest BCUT2D eigenvalue weighted by Gasteiger charge is -2.19. The highest BCUT2D eigenvalue weighted by Gasteiger charge is 2.25. The van der Waals surface area contributed by atoms with Crippen LogP contribution in [-0.2, 0) is 6.54 Å². The van der Waals surface area contributed by atoms with E-state index in [4.69, 9.17) is 15.1 Å². The minimum absolute atomic E-state index is 0.0195. The summed E-state index contributed by atoms with van der Waals surface area (Å²) >= 11 is 0. The van der Waals surface area contributed by atoms with Gasteiger partial charge in [0.15, 0.2) is 5.69 Å². The Hall–Kier alpha value is -4.74. The number of aromatic nitrogens is 5. The molecule has 0 aliphatic heterocycles. The van der Waals surface area contributed by atoms with Crippen molar-refractivity contribution in [1.82, 2.24) is 30.7 Å². The molecular weight excluding hydrogens is 438 g/mol. The van der Waals surface area contributed by atoms with E-state index in [1.54, 1.807) is 0 Å². The number of para-hydroxylation sites is 2. The molecule has 1 amide bonds. The summed E-state index contributed by atoms with van der Waals surface area (Å²) < 4.78 is 11.6. The molecule has 2 aromatic heterocycles. The molecule has 0 saturated heterocycles. The maximum atomic E-state index is 13.0. The van der Waals surface area contributed by atoms with Crippen LogP contribution in [-0.4, -0.2) is 51.1 Å². The van der Waals surface area contributed by atoms with E-state index in [9.17, 15) is 4.79 Å². The molecular formula is C22H23N9O3. The lowest BCUT2D eigenvalue weighted by Crippen LogP contribution is -2.24. The van der Waals surface area contributed by atoms with Crippen molar-refractivity contribution in [3.8, 4) is 11.6 Å². The van der Waals surface area contributed by atoms with Gasteiger partial charge in [-0.3, -0.25) is 4.79 Å². The number of benzene rings is 2. The summed E-state index contributed by atoms with van der Waals surface area (Å²) in [6.07, 6.45) is 1.50. The molecule has 12 heteroatoms. The quantitative estimate of drug-likeness (QED) is 0.282. The molecule has 174 valence electrons. The highest BCUT2D eigenvalue weighted by Crippen LogP contribution is 2.20. The number of nitrogen functional groups attached to an aromatic ring is 1. The Morgan fingerprint density at radius 3 is 2.71 bits per heavy atom. The van der Waals surface area contributed by atoms with Gasteiger partial charge in [0.1, 0.15) is 5.75 Å². The first-order valence-electron chi connectivity index (χ1n) is 10.4. The number of hydrogen-bond acceptors (Lipinski definition) is 10. The van der Waals surface area contributed by atoms with E-state index < -0.39 is 5.91 Å². The first-order valence-corrected chi connectivity index (χ1v) is 10.4. The number of carbonyl (C=O) groups excluding carboxylic acids is 1. The van der Waals surface area contributed by atoms with Crippen molar-refractivity contribution in [3.05, 3.63) is 71.5 Å². The maximum absolute atomic E-state index is 13.0. The fraction of sp³-hybridized carbons (Fsp3) is 0.182. The van der Waals surface area contributed by atoms with Crippen molar-refractivity contribution >= 4 is 23.6 Å². The fourth-order valence-corrected chi connectivity index (χ4v) is 3.21. The van der Waals surface area contributed by atoms with Gasteiger partial charge in [-0.25, -0.2) is 10.1 Å². The third-order valence-corrected chi connectivity index (χ3v) is 4.85. The first-order chi connectivity index (χ1) is 16.6. The van der Waals surface area contributed by atoms with Gasteiger partial charge >= 0.3 is 0 Å². The zero-order valence-corrected chi connectivity index (χ0v) is 18.6. The number of hydrazone groups is 1. The van der Waals surface area contributed by atoms with Gasteiger partial charge in [-0.05, 0) is 41.5 Å². The molecule has 0 aliphatic rings. The van der Waals surface area contributed by atoms with E-state index in [-0.39, 0.29) is 23.9 Å². The number of carbonyl (C=O) groups is 1. The molecule has 3 N–H and O–H groups in total. The molecule has 0 radical (unpaired) electrons. The second-order valence-electron chi connectivity index (χ2n) is 7.13. The van der Waals surface area contributed by atoms with Gasteiger partial charge in [0.05, 0.1) is 25.1 Å². The number of amides is 1. The van der Waals surface area contributed by atoms with Gasteiger partial charge in [0.2, 0.25) is 11.6 Å². The van der Waals surface area contributed by atoms with E-state index in [0.29, 0.717) is 18.1 Å². The summed E-state index contributed by atoms with van der Waals surface area (Å²) in [6, 6.07) is 17.0. The van der Waals surface area contributed by atoms with Crippen molar-refractivity contribution in [1.29, 1.82) is 0 Å². The van der Waals surface area contributed by atoms with Gasteiger partial charge in [-0.2, -0.15) is 9.78 Å². The number of anilines is 2. The fourth-order valence-electron chi connectivity index (χ4n) is 3.21. The number of rotatable bonds is 9. The molecule has 0 spiro atoms. The predicted molar refractivity (Wildman–Crippen MR) is 125 cm³/mol. The summed E-state index contributed by atoms with van der Waals surface area (Å²) in [5.41, 5.74) is 10.5. The minimum Gasteiger partial charge on any atom is -0.493 e. The van der Waals surface area contributed by atoms with Crippen LogP contribution in [0, 0.1) is 0 Å². The monoisotopic (exact) mass is 461 g/mol. The van der Waals surface area contributed by atoms with Crippen molar-refractivity contribution in [2.45, 2.75) is 13.5 Å². The third-order valence-electron chi connectivity index (χ3n) is 4.85. The largest absolute Gasteiger partial charge is 0.493 e. The molecule has 0 saturated carbocycles. The molecule has 0 unspecified atom stereocenters. The van der Waals surface area contributed by atoms with Crippen LogP contribution in [0.5, 0.6) is 5.75 Å². The van der Waals surface area contributed by atoms with Crippen molar-refractivity contribution in [3.63, 3.8) is 0 Å². The second-order valence-corrected chi connectivity index (χ2v) is 7.13. The average molecular weight is 461 g/mol. The highest BCUT2D eigenvalue weighted by molar-refractivity contribution is 5.94. The Bertz CT molecular complexity index is 1280. The Labute approximate surface area is 195 Å². The van der Waals surface area contributed by atoms with E-state index in [0.717, 1.165) is 11.3 Å². The van der Waals surface area contributed by atoms with Crippen LogP contribution < -0.4 is 20.8 Å². The van der Waals surface area contributed by atoms with Crippen LogP contribution in [0.25, 0.3) is 5.82 Å². The summed E-state index contributed by atoms with van der Waals surface area (Å²) in [5.74, 6) is 0.263. The number of nitrogens with two attached hydrogens (primary N) is 1. The maximum Gasteiger partial charge on any atom is 0.293 e. The molecule has 12 nitrogen and oxygen atoms in total. The van der Waals surface area contributed by atoms with Gasteiger partial charge in [-0.15, -0.1) is 5.10 Å². The zero-order chi connectivity index (χ0) is 23.9. The van der Waals surface area contributed by atoms with Gasteiger partial charge in [0, 0.05) is 18.3 Å². The van der Waals surface area contributed by atoms with Crippen molar-refractivity contribution < 1.29 is 14.2 Å². The SMILES string of the molecule is CCOc1ccccc1/C=N\NC(=O)c1nnn(-c2nonc2N)c1CN(C)c1ccccc1. The molecule has 2 heterocycles. The van der Waals surface area contributed by atoms with E-state index >= 15 is 0 Å². The molecule has 4 aromatic rings. The number of nitrogens with one attached hydrogen (secondary N) is 1. The topological polar surface area (TPSA) is 150 Å². The van der Waals surface area contributed by atoms with E-state index in [2.05, 4.69) is 31.2 Å². The first kappa shape index (κ1) is 22.5. The standard InChI is InChI=1S/C22H23N9O3/c1-3-33-18-12-8-7-9-15(18)13-24-26-22(32)19-17(14-30(2)16-10-5-4-6-11-16)31(29-25-19)21-20(23)27-34-28-21/h4-13H,3,14H2,1-2H3,(H2,23,27)(H,26,32)/b24-13-. The number of nitrogens with zero attached hydrogens (tertiary/aromatic N) is 7. The molecule has 0 bridgehead atoms. The Morgan fingerprint density at radius 2 is 1.97 bits per heavy atom. The zero-order valence-electron chi connectivity index (χ0n) is 18.6. The smallest absolute Gasteiger partial charge is 0.293 e. The Balaban J connectivity index is 1.60. The predicted octanol–water partition coefficient (Wildman–Crippen LogP) is 2.03. The molecule has 34 heavy (non-hydrogen) atoms. The summed E-state index contributed by atoms with van der Waals surface area (Å²) in [7, 11) is 1.88. The third kappa shape index (κ3) is 4.85. The Morgan fingerprint density at radius 1 is 1.21 bits per heavy atom. The second kappa shape index (κ2) is 10.3. The summed E-state index contributed by atoms with van der Waals surface area (Å²) in [4.78, 5) is 14.9. The van der Waals surface area contributed by atoms with E-state index in [1.807, 2.05) is 73.5 Å². The highest BCUT2D eigenvalue weighted by atomic mass is 16.6. The Kier molecular flexibility index (Phi) is 6.77. The van der Waals surface area contributed by atoms with Crippen molar-refractivity contribution in [2.24, 2.45) is 5.10 Å². The number of hydrogen-bond donors (Lipinski definition) is 2. The lowest BCUT2D eigenvalue weighted by atomic mass is 10.2. The van der Waals surface area contributed by atoms with E-state index in [1.165, 1.54) is 10.9 Å².